The number of benzene rings is 1. The summed E-state index contributed by atoms with van der Waals surface area (Å²) in [5, 5.41) is 2.51. The zero-order chi connectivity index (χ0) is 18.7. The number of fused-ring (bicyclic) bond motifs is 1. The van der Waals surface area contributed by atoms with Gasteiger partial charge in [-0.1, -0.05) is 29.8 Å². The number of hydrogen-bond donors (Lipinski definition) is 1. The number of alkyl carbamates (subject to hydrolysis) is 1. The first-order valence-corrected chi connectivity index (χ1v) is 8.29. The van der Waals surface area contributed by atoms with Gasteiger partial charge >= 0.3 is 12.1 Å². The Bertz CT molecular complexity index is 773. The van der Waals surface area contributed by atoms with Gasteiger partial charge in [-0.2, -0.15) is 0 Å². The van der Waals surface area contributed by atoms with Crippen LogP contribution in [0.4, 0.5) is 9.18 Å². The monoisotopic (exact) mass is 361 g/mol. The molecular weight excluding hydrogens is 341 g/mol. The van der Waals surface area contributed by atoms with Crippen LogP contribution >= 0.6 is 0 Å². The molecule has 0 aromatic heterocycles. The minimum absolute atomic E-state index is 0.00436. The van der Waals surface area contributed by atoms with Crippen LogP contribution in [0, 0.1) is 17.7 Å². The van der Waals surface area contributed by atoms with Crippen LogP contribution in [0.25, 0.3) is 0 Å². The molecule has 0 bridgehead atoms. The normalized spacial score (nSPS) is 23.9. The van der Waals surface area contributed by atoms with E-state index >= 15 is 0 Å². The van der Waals surface area contributed by atoms with E-state index in [1.54, 1.807) is 18.2 Å². The maximum Gasteiger partial charge on any atom is 0.410 e. The maximum absolute atomic E-state index is 13.6. The molecule has 1 N–H and O–H groups in total. The number of amides is 1. The molecule has 7 heteroatoms. The van der Waals surface area contributed by atoms with Crippen molar-refractivity contribution in [1.29, 1.82) is 0 Å². The van der Waals surface area contributed by atoms with Crippen molar-refractivity contribution in [2.75, 3.05) is 7.11 Å². The lowest BCUT2D eigenvalue weighted by atomic mass is 9.84. The molecule has 2 aliphatic rings. The van der Waals surface area contributed by atoms with Gasteiger partial charge in [0.05, 0.1) is 24.9 Å². The van der Waals surface area contributed by atoms with E-state index in [1.807, 2.05) is 13.0 Å². The molecule has 0 saturated carbocycles. The molecule has 0 fully saturated rings. The number of carbonyl (C=O) groups is 2. The first-order chi connectivity index (χ1) is 12.5. The summed E-state index contributed by atoms with van der Waals surface area (Å²) in [4.78, 5) is 24.0. The molecule has 0 radical (unpaired) electrons. The first kappa shape index (κ1) is 18.0. The van der Waals surface area contributed by atoms with Crippen LogP contribution in [-0.4, -0.2) is 25.5 Å². The van der Waals surface area contributed by atoms with E-state index in [-0.39, 0.29) is 18.4 Å². The SMILES string of the molecule is COC(=O)C1=COC(OC(=O)NCc2ccccc2F)C2C(C)=CCC12. The second-order valence-electron chi connectivity index (χ2n) is 6.24. The highest BCUT2D eigenvalue weighted by Gasteiger charge is 2.44. The molecule has 3 atom stereocenters. The zero-order valence-corrected chi connectivity index (χ0v) is 14.5. The number of rotatable bonds is 4. The number of halogens is 1. The second-order valence-corrected chi connectivity index (χ2v) is 6.24. The van der Waals surface area contributed by atoms with Crippen LogP contribution in [0.5, 0.6) is 0 Å². The highest BCUT2D eigenvalue weighted by Crippen LogP contribution is 2.43. The number of methoxy groups -OCH3 is 1. The Labute approximate surface area is 150 Å². The van der Waals surface area contributed by atoms with E-state index in [0.717, 1.165) is 5.57 Å². The summed E-state index contributed by atoms with van der Waals surface area (Å²) in [5.74, 6) is -1.26. The fourth-order valence-electron chi connectivity index (χ4n) is 3.32. The largest absolute Gasteiger partial charge is 0.466 e. The molecule has 26 heavy (non-hydrogen) atoms. The van der Waals surface area contributed by atoms with Gasteiger partial charge in [0.15, 0.2) is 0 Å². The average Bonchev–Trinajstić information content (AvgIpc) is 3.03. The number of nitrogens with one attached hydrogen (secondary N) is 1. The summed E-state index contributed by atoms with van der Waals surface area (Å²) >= 11 is 0. The molecule has 138 valence electrons. The fraction of sp³-hybridized carbons (Fsp3) is 0.368. The van der Waals surface area contributed by atoms with Crippen LogP contribution < -0.4 is 5.32 Å². The van der Waals surface area contributed by atoms with Crippen LogP contribution in [0.3, 0.4) is 0 Å². The highest BCUT2D eigenvalue weighted by molar-refractivity contribution is 5.89. The van der Waals surface area contributed by atoms with Crippen LogP contribution in [0.2, 0.25) is 0 Å². The van der Waals surface area contributed by atoms with Crippen molar-refractivity contribution in [2.24, 2.45) is 11.8 Å². The standard InChI is InChI=1S/C19H20FNO5/c1-11-7-8-13-14(17(22)24-2)10-25-18(16(11)13)26-19(23)21-9-12-5-3-4-6-15(12)20/h3-7,10,13,16,18H,8-9H2,1-2H3,(H,21,23). The minimum Gasteiger partial charge on any atom is -0.466 e. The third-order valence-corrected chi connectivity index (χ3v) is 4.70. The van der Waals surface area contributed by atoms with Gasteiger partial charge in [0.2, 0.25) is 0 Å². The molecule has 1 aromatic carbocycles. The Morgan fingerprint density at radius 1 is 1.35 bits per heavy atom. The Morgan fingerprint density at radius 3 is 2.85 bits per heavy atom. The predicted molar refractivity (Wildman–Crippen MR) is 90.0 cm³/mol. The molecule has 1 amide bonds. The molecule has 3 rings (SSSR count). The molecule has 6 nitrogen and oxygen atoms in total. The van der Waals surface area contributed by atoms with Crippen LogP contribution in [0.1, 0.15) is 18.9 Å². The van der Waals surface area contributed by atoms with Crippen molar-refractivity contribution in [3.63, 3.8) is 0 Å². The van der Waals surface area contributed by atoms with Gasteiger partial charge < -0.3 is 19.5 Å². The second kappa shape index (κ2) is 7.59. The summed E-state index contributed by atoms with van der Waals surface area (Å²) in [6.45, 7) is 1.91. The topological polar surface area (TPSA) is 73.9 Å². The molecule has 1 aliphatic heterocycles. The van der Waals surface area contributed by atoms with Crippen molar-refractivity contribution in [1.82, 2.24) is 5.32 Å². The Hall–Kier alpha value is -2.83. The van der Waals surface area contributed by atoms with E-state index in [9.17, 15) is 14.0 Å². The lowest BCUT2D eigenvalue weighted by Gasteiger charge is -2.33. The summed E-state index contributed by atoms with van der Waals surface area (Å²) < 4.78 is 29.2. The van der Waals surface area contributed by atoms with Gasteiger partial charge in [0.25, 0.3) is 6.29 Å². The molecule has 3 unspecified atom stereocenters. The number of hydrogen-bond acceptors (Lipinski definition) is 5. The van der Waals surface area contributed by atoms with Crippen molar-refractivity contribution in [3.05, 3.63) is 59.1 Å². The van der Waals surface area contributed by atoms with Crippen molar-refractivity contribution < 1.29 is 28.2 Å². The van der Waals surface area contributed by atoms with E-state index < -0.39 is 24.2 Å². The Morgan fingerprint density at radius 2 is 2.12 bits per heavy atom. The highest BCUT2D eigenvalue weighted by atomic mass is 19.1. The molecule has 0 saturated heterocycles. The molecule has 1 aromatic rings. The smallest absolute Gasteiger partial charge is 0.410 e. The van der Waals surface area contributed by atoms with Gasteiger partial charge in [-0.15, -0.1) is 0 Å². The quantitative estimate of drug-likeness (QED) is 0.659. The lowest BCUT2D eigenvalue weighted by molar-refractivity contribution is -0.141. The van der Waals surface area contributed by atoms with Crippen molar-refractivity contribution >= 4 is 12.1 Å². The van der Waals surface area contributed by atoms with E-state index in [4.69, 9.17) is 14.2 Å². The number of ether oxygens (including phenoxy) is 3. The summed E-state index contributed by atoms with van der Waals surface area (Å²) in [6, 6.07) is 6.17. The van der Waals surface area contributed by atoms with Gasteiger partial charge in [-0.25, -0.2) is 14.0 Å². The summed E-state index contributed by atoms with van der Waals surface area (Å²) in [5.41, 5.74) is 1.77. The first-order valence-electron chi connectivity index (χ1n) is 8.29. The van der Waals surface area contributed by atoms with Gasteiger partial charge in [-0.05, 0) is 19.4 Å². The summed E-state index contributed by atoms with van der Waals surface area (Å²) in [7, 11) is 1.31. The van der Waals surface area contributed by atoms with Gasteiger partial charge in [0.1, 0.15) is 5.82 Å². The van der Waals surface area contributed by atoms with E-state index in [0.29, 0.717) is 17.6 Å². The molecular formula is C19H20FNO5. The molecule has 1 heterocycles. The third kappa shape index (κ3) is 3.56. The molecule has 1 aliphatic carbocycles. The van der Waals surface area contributed by atoms with Crippen LogP contribution in [0.15, 0.2) is 47.7 Å². The summed E-state index contributed by atoms with van der Waals surface area (Å²) in [6.07, 6.45) is 2.37. The predicted octanol–water partition coefficient (Wildman–Crippen LogP) is 3.05. The lowest BCUT2D eigenvalue weighted by Crippen LogP contribution is -2.40. The van der Waals surface area contributed by atoms with Gasteiger partial charge in [0, 0.05) is 18.0 Å². The van der Waals surface area contributed by atoms with Crippen molar-refractivity contribution in [2.45, 2.75) is 26.2 Å². The third-order valence-electron chi connectivity index (χ3n) is 4.70. The molecule has 0 spiro atoms. The zero-order valence-electron chi connectivity index (χ0n) is 14.5. The fourth-order valence-corrected chi connectivity index (χ4v) is 3.32. The van der Waals surface area contributed by atoms with E-state index in [2.05, 4.69) is 5.32 Å². The number of esters is 1. The van der Waals surface area contributed by atoms with Crippen LogP contribution in [-0.2, 0) is 25.5 Å². The van der Waals surface area contributed by atoms with Crippen molar-refractivity contribution in [3.8, 4) is 0 Å². The average molecular weight is 361 g/mol. The minimum atomic E-state index is -0.854. The Balaban J connectivity index is 1.64. The Kier molecular flexibility index (Phi) is 5.25. The number of allylic oxidation sites excluding steroid dienone is 1. The van der Waals surface area contributed by atoms with E-state index in [1.165, 1.54) is 19.4 Å². The van der Waals surface area contributed by atoms with Gasteiger partial charge in [-0.3, -0.25) is 0 Å². The number of carbonyl (C=O) groups excluding carboxylic acids is 2. The maximum atomic E-state index is 13.6.